The maximum Gasteiger partial charge on any atom is 0.170 e. The maximum atomic E-state index is 14.0. The molecule has 1 aromatic carbocycles. The van der Waals surface area contributed by atoms with Crippen LogP contribution < -0.4 is 10.5 Å². The van der Waals surface area contributed by atoms with Crippen LogP contribution in [-0.2, 0) is 0 Å². The van der Waals surface area contributed by atoms with Gasteiger partial charge in [0.15, 0.2) is 11.6 Å². The molecule has 0 amide bonds. The van der Waals surface area contributed by atoms with Crippen molar-refractivity contribution >= 4 is 22.9 Å². The quantitative estimate of drug-likeness (QED) is 0.926. The van der Waals surface area contributed by atoms with Gasteiger partial charge in [-0.25, -0.2) is 4.39 Å². The Morgan fingerprint density at radius 1 is 1.41 bits per heavy atom. The second-order valence-electron chi connectivity index (χ2n) is 3.47. The Morgan fingerprint density at radius 2 is 2.18 bits per heavy atom. The van der Waals surface area contributed by atoms with E-state index in [9.17, 15) is 4.39 Å². The highest BCUT2D eigenvalue weighted by Crippen LogP contribution is 2.34. The number of nitrogens with two attached hydrogens (primary N) is 1. The first kappa shape index (κ1) is 12.4. The minimum absolute atomic E-state index is 0.186. The predicted octanol–water partition coefficient (Wildman–Crippen LogP) is 3.60. The van der Waals surface area contributed by atoms with E-state index in [0.29, 0.717) is 10.6 Å². The van der Waals surface area contributed by atoms with E-state index >= 15 is 0 Å². The molecule has 1 heterocycles. The second kappa shape index (κ2) is 5.04. The van der Waals surface area contributed by atoms with Crippen molar-refractivity contribution < 1.29 is 9.13 Å². The first-order chi connectivity index (χ1) is 8.15. The van der Waals surface area contributed by atoms with E-state index in [0.717, 1.165) is 4.88 Å². The number of methoxy groups -OCH3 is 1. The summed E-state index contributed by atoms with van der Waals surface area (Å²) in [7, 11) is 1.42. The van der Waals surface area contributed by atoms with Crippen LogP contribution >= 0.6 is 22.9 Å². The molecule has 5 heteroatoms. The number of halogens is 2. The first-order valence-corrected chi connectivity index (χ1v) is 6.21. The van der Waals surface area contributed by atoms with Gasteiger partial charge in [0.1, 0.15) is 0 Å². The first-order valence-electron chi connectivity index (χ1n) is 4.96. The molecule has 0 saturated heterocycles. The number of hydrogen-bond acceptors (Lipinski definition) is 3. The van der Waals surface area contributed by atoms with Crippen LogP contribution in [0.1, 0.15) is 16.5 Å². The summed E-state index contributed by atoms with van der Waals surface area (Å²) >= 11 is 7.40. The Labute approximate surface area is 108 Å². The van der Waals surface area contributed by atoms with Crippen molar-refractivity contribution in [2.75, 3.05) is 7.11 Å². The molecule has 2 N–H and O–H groups in total. The Balaban J connectivity index is 2.44. The average molecular weight is 272 g/mol. The van der Waals surface area contributed by atoms with Crippen molar-refractivity contribution in [3.63, 3.8) is 0 Å². The van der Waals surface area contributed by atoms with Crippen LogP contribution in [0.25, 0.3) is 0 Å². The standard InChI is InChI=1S/C12H11ClFNOS/c1-16-9-4-2-3-7(10(9)14)11(15)12-8(13)5-6-17-12/h2-6,11H,15H2,1H3. The summed E-state index contributed by atoms with van der Waals surface area (Å²) in [6, 6.07) is 6.08. The fourth-order valence-corrected chi connectivity index (χ4v) is 2.79. The number of benzene rings is 1. The van der Waals surface area contributed by atoms with Crippen LogP contribution in [0.3, 0.4) is 0 Å². The SMILES string of the molecule is COc1cccc(C(N)c2sccc2Cl)c1F. The molecule has 0 fully saturated rings. The molecule has 2 aromatic rings. The van der Waals surface area contributed by atoms with Crippen molar-refractivity contribution in [3.05, 3.63) is 50.9 Å². The summed E-state index contributed by atoms with van der Waals surface area (Å²) in [6.07, 6.45) is 0. The van der Waals surface area contributed by atoms with Crippen LogP contribution in [0, 0.1) is 5.82 Å². The molecule has 0 spiro atoms. The zero-order valence-corrected chi connectivity index (χ0v) is 10.7. The molecular weight excluding hydrogens is 261 g/mol. The summed E-state index contributed by atoms with van der Waals surface area (Å²) in [6.45, 7) is 0. The summed E-state index contributed by atoms with van der Waals surface area (Å²) in [4.78, 5) is 0.749. The second-order valence-corrected chi connectivity index (χ2v) is 4.83. The van der Waals surface area contributed by atoms with Gasteiger partial charge in [-0.1, -0.05) is 23.7 Å². The monoisotopic (exact) mass is 271 g/mol. The van der Waals surface area contributed by atoms with Gasteiger partial charge < -0.3 is 10.5 Å². The van der Waals surface area contributed by atoms with Gasteiger partial charge in [0.25, 0.3) is 0 Å². The van der Waals surface area contributed by atoms with Gasteiger partial charge in [0.2, 0.25) is 0 Å². The van der Waals surface area contributed by atoms with Crippen molar-refractivity contribution in [3.8, 4) is 5.75 Å². The molecule has 0 bridgehead atoms. The molecule has 0 radical (unpaired) electrons. The zero-order chi connectivity index (χ0) is 12.4. The summed E-state index contributed by atoms with van der Waals surface area (Å²) in [5.41, 5.74) is 6.40. The minimum Gasteiger partial charge on any atom is -0.494 e. The van der Waals surface area contributed by atoms with E-state index in [1.165, 1.54) is 18.4 Å². The van der Waals surface area contributed by atoms with Gasteiger partial charge in [-0.3, -0.25) is 0 Å². The lowest BCUT2D eigenvalue weighted by molar-refractivity contribution is 0.383. The third-order valence-electron chi connectivity index (χ3n) is 2.48. The van der Waals surface area contributed by atoms with E-state index in [1.54, 1.807) is 24.3 Å². The lowest BCUT2D eigenvalue weighted by Crippen LogP contribution is -2.13. The predicted molar refractivity (Wildman–Crippen MR) is 68.3 cm³/mol. The van der Waals surface area contributed by atoms with Gasteiger partial charge in [0.05, 0.1) is 18.2 Å². The Morgan fingerprint density at radius 3 is 2.76 bits per heavy atom. The fraction of sp³-hybridized carbons (Fsp3) is 0.167. The van der Waals surface area contributed by atoms with Crippen LogP contribution in [-0.4, -0.2) is 7.11 Å². The molecule has 2 nitrogen and oxygen atoms in total. The van der Waals surface area contributed by atoms with E-state index in [4.69, 9.17) is 22.1 Å². The Hall–Kier alpha value is -1.10. The zero-order valence-electron chi connectivity index (χ0n) is 9.11. The van der Waals surface area contributed by atoms with E-state index < -0.39 is 11.9 Å². The molecule has 0 saturated carbocycles. The van der Waals surface area contributed by atoms with Gasteiger partial charge in [-0.2, -0.15) is 0 Å². The molecule has 0 aliphatic rings. The lowest BCUT2D eigenvalue weighted by Gasteiger charge is -2.13. The Kier molecular flexibility index (Phi) is 3.66. The molecule has 1 atom stereocenters. The molecular formula is C12H11ClFNOS. The number of rotatable bonds is 3. The lowest BCUT2D eigenvalue weighted by atomic mass is 10.1. The van der Waals surface area contributed by atoms with E-state index in [2.05, 4.69) is 0 Å². The highest BCUT2D eigenvalue weighted by Gasteiger charge is 2.19. The van der Waals surface area contributed by atoms with Crippen molar-refractivity contribution in [2.45, 2.75) is 6.04 Å². The largest absolute Gasteiger partial charge is 0.494 e. The fourth-order valence-electron chi connectivity index (χ4n) is 1.59. The third-order valence-corrected chi connectivity index (χ3v) is 3.92. The van der Waals surface area contributed by atoms with Crippen LogP contribution in [0.2, 0.25) is 5.02 Å². The van der Waals surface area contributed by atoms with Crippen LogP contribution in [0.4, 0.5) is 4.39 Å². The maximum absolute atomic E-state index is 14.0. The molecule has 90 valence electrons. The number of thiophene rings is 1. The number of hydrogen-bond donors (Lipinski definition) is 1. The van der Waals surface area contributed by atoms with Crippen LogP contribution in [0.15, 0.2) is 29.6 Å². The molecule has 2 rings (SSSR count). The van der Waals surface area contributed by atoms with Gasteiger partial charge >= 0.3 is 0 Å². The highest BCUT2D eigenvalue weighted by atomic mass is 35.5. The van der Waals surface area contributed by atoms with Gasteiger partial charge in [0, 0.05) is 10.4 Å². The highest BCUT2D eigenvalue weighted by molar-refractivity contribution is 7.10. The normalized spacial score (nSPS) is 12.5. The molecule has 1 unspecified atom stereocenters. The smallest absolute Gasteiger partial charge is 0.170 e. The topological polar surface area (TPSA) is 35.2 Å². The van der Waals surface area contributed by atoms with Crippen molar-refractivity contribution in [1.29, 1.82) is 0 Å². The molecule has 17 heavy (non-hydrogen) atoms. The third kappa shape index (κ3) is 2.29. The van der Waals surface area contributed by atoms with E-state index in [-0.39, 0.29) is 5.75 Å². The minimum atomic E-state index is -0.572. The van der Waals surface area contributed by atoms with Crippen molar-refractivity contribution in [2.24, 2.45) is 5.73 Å². The summed E-state index contributed by atoms with van der Waals surface area (Å²) < 4.78 is 18.9. The van der Waals surface area contributed by atoms with E-state index in [1.807, 2.05) is 5.38 Å². The summed E-state index contributed by atoms with van der Waals surface area (Å²) in [5, 5.41) is 2.39. The van der Waals surface area contributed by atoms with Crippen molar-refractivity contribution in [1.82, 2.24) is 0 Å². The molecule has 1 aromatic heterocycles. The van der Waals surface area contributed by atoms with Gasteiger partial charge in [-0.15, -0.1) is 11.3 Å². The average Bonchev–Trinajstić information content (AvgIpc) is 2.75. The number of ether oxygens (including phenoxy) is 1. The summed E-state index contributed by atoms with van der Waals surface area (Å²) in [5.74, 6) is -0.252. The molecule has 0 aliphatic heterocycles. The Bertz CT molecular complexity index is 529. The van der Waals surface area contributed by atoms with Gasteiger partial charge in [-0.05, 0) is 17.5 Å². The van der Waals surface area contributed by atoms with Crippen LogP contribution in [0.5, 0.6) is 5.75 Å². The molecule has 0 aliphatic carbocycles.